The van der Waals surface area contributed by atoms with Gasteiger partial charge in [-0.1, -0.05) is 0 Å². The van der Waals surface area contributed by atoms with Gasteiger partial charge < -0.3 is 15.1 Å². The van der Waals surface area contributed by atoms with E-state index in [1.54, 1.807) is 7.05 Å². The van der Waals surface area contributed by atoms with E-state index in [-0.39, 0.29) is 11.6 Å². The van der Waals surface area contributed by atoms with Gasteiger partial charge in [0.15, 0.2) is 0 Å². The summed E-state index contributed by atoms with van der Waals surface area (Å²) in [6, 6.07) is 1.33. The van der Waals surface area contributed by atoms with Crippen molar-refractivity contribution in [2.24, 2.45) is 5.84 Å². The number of ether oxygens (including phenoxy) is 1. The third-order valence-corrected chi connectivity index (χ3v) is 2.28. The van der Waals surface area contributed by atoms with E-state index in [1.807, 2.05) is 6.92 Å². The van der Waals surface area contributed by atoms with Crippen molar-refractivity contribution >= 4 is 11.6 Å². The van der Waals surface area contributed by atoms with Crippen molar-refractivity contribution in [1.29, 1.82) is 0 Å². The molecule has 0 aliphatic rings. The third kappa shape index (κ3) is 4.52. The molecule has 0 fully saturated rings. The number of alkyl halides is 3. The highest BCUT2D eigenvalue weighted by molar-refractivity contribution is 5.48. The molecule has 1 aromatic heterocycles. The number of halogens is 3. The first-order valence-electron chi connectivity index (χ1n) is 5.60. The fourth-order valence-electron chi connectivity index (χ4n) is 1.29. The Bertz CT molecular complexity index is 413. The van der Waals surface area contributed by atoms with Gasteiger partial charge in [0, 0.05) is 26.3 Å². The zero-order valence-corrected chi connectivity index (χ0v) is 10.7. The van der Waals surface area contributed by atoms with E-state index in [4.69, 9.17) is 10.6 Å². The number of likely N-dealkylation sites (N-methyl/N-ethyl adjacent to an activating group) is 1. The van der Waals surface area contributed by atoms with Crippen LogP contribution in [0.25, 0.3) is 0 Å². The minimum atomic E-state index is -4.62. The number of rotatable bonds is 6. The molecule has 1 aromatic rings. The number of aromatic nitrogens is 2. The summed E-state index contributed by atoms with van der Waals surface area (Å²) >= 11 is 0. The van der Waals surface area contributed by atoms with Crippen LogP contribution in [0.4, 0.5) is 24.8 Å². The summed E-state index contributed by atoms with van der Waals surface area (Å²) in [5.74, 6) is 3.89. The van der Waals surface area contributed by atoms with Crippen LogP contribution in [0.15, 0.2) is 6.07 Å². The Morgan fingerprint density at radius 1 is 1.42 bits per heavy atom. The normalized spacial score (nSPS) is 11.5. The molecule has 0 saturated carbocycles. The van der Waals surface area contributed by atoms with E-state index < -0.39 is 12.0 Å². The van der Waals surface area contributed by atoms with Gasteiger partial charge in [-0.2, -0.15) is 13.2 Å². The number of nitrogens with two attached hydrogens (primary N) is 1. The van der Waals surface area contributed by atoms with Gasteiger partial charge in [0.25, 0.3) is 0 Å². The first-order chi connectivity index (χ1) is 8.88. The maximum Gasteiger partial charge on any atom is 0.451 e. The van der Waals surface area contributed by atoms with Crippen LogP contribution in [-0.2, 0) is 10.9 Å². The van der Waals surface area contributed by atoms with Crippen molar-refractivity contribution in [3.63, 3.8) is 0 Å². The maximum absolute atomic E-state index is 12.6. The van der Waals surface area contributed by atoms with Crippen LogP contribution in [-0.4, -0.2) is 36.8 Å². The lowest BCUT2D eigenvalue weighted by Crippen LogP contribution is -2.26. The molecule has 9 heteroatoms. The number of anilines is 2. The quantitative estimate of drug-likeness (QED) is 0.464. The summed E-state index contributed by atoms with van der Waals surface area (Å²) < 4.78 is 43.0. The Kier molecular flexibility index (Phi) is 5.31. The second-order valence-corrected chi connectivity index (χ2v) is 3.70. The van der Waals surface area contributed by atoms with Gasteiger partial charge in [-0.05, 0) is 6.92 Å². The van der Waals surface area contributed by atoms with E-state index in [2.05, 4.69) is 15.4 Å². The van der Waals surface area contributed by atoms with Gasteiger partial charge in [0.1, 0.15) is 11.6 Å². The van der Waals surface area contributed by atoms with Gasteiger partial charge >= 0.3 is 6.18 Å². The van der Waals surface area contributed by atoms with Crippen molar-refractivity contribution in [1.82, 2.24) is 9.97 Å². The first kappa shape index (κ1) is 15.4. The van der Waals surface area contributed by atoms with E-state index in [1.165, 1.54) is 11.0 Å². The summed E-state index contributed by atoms with van der Waals surface area (Å²) in [5.41, 5.74) is 2.09. The van der Waals surface area contributed by atoms with Crippen LogP contribution in [0.2, 0.25) is 0 Å². The SMILES string of the molecule is CCOCCN(C)c1cc(NN)nc(C(F)(F)F)n1. The predicted molar refractivity (Wildman–Crippen MR) is 64.6 cm³/mol. The molecule has 0 saturated heterocycles. The zero-order valence-electron chi connectivity index (χ0n) is 10.7. The van der Waals surface area contributed by atoms with Crippen LogP contribution in [0.3, 0.4) is 0 Å². The van der Waals surface area contributed by atoms with Crippen LogP contribution < -0.4 is 16.2 Å². The lowest BCUT2D eigenvalue weighted by molar-refractivity contribution is -0.144. The fourth-order valence-corrected chi connectivity index (χ4v) is 1.29. The van der Waals surface area contributed by atoms with Gasteiger partial charge in [0.05, 0.1) is 6.61 Å². The Labute approximate surface area is 108 Å². The van der Waals surface area contributed by atoms with Crippen LogP contribution >= 0.6 is 0 Å². The summed E-state index contributed by atoms with van der Waals surface area (Å²) in [5, 5.41) is 0. The number of hydrogen-bond donors (Lipinski definition) is 2. The van der Waals surface area contributed by atoms with Crippen molar-refractivity contribution < 1.29 is 17.9 Å². The highest BCUT2D eigenvalue weighted by Gasteiger charge is 2.35. The molecule has 6 nitrogen and oxygen atoms in total. The van der Waals surface area contributed by atoms with E-state index in [9.17, 15) is 13.2 Å². The fraction of sp³-hybridized carbons (Fsp3) is 0.600. The van der Waals surface area contributed by atoms with Gasteiger partial charge in [-0.15, -0.1) is 0 Å². The molecule has 19 heavy (non-hydrogen) atoms. The largest absolute Gasteiger partial charge is 0.451 e. The molecule has 108 valence electrons. The summed E-state index contributed by atoms with van der Waals surface area (Å²) in [7, 11) is 1.61. The van der Waals surface area contributed by atoms with Gasteiger partial charge in [0.2, 0.25) is 5.82 Å². The maximum atomic E-state index is 12.6. The molecule has 1 heterocycles. The minimum absolute atomic E-state index is 0.0967. The Morgan fingerprint density at radius 2 is 2.11 bits per heavy atom. The average molecular weight is 279 g/mol. The summed E-state index contributed by atoms with van der Waals surface area (Å²) in [6.07, 6.45) is -4.62. The van der Waals surface area contributed by atoms with Crippen molar-refractivity contribution in [2.75, 3.05) is 37.1 Å². The lowest BCUT2D eigenvalue weighted by atomic mass is 10.4. The molecule has 0 bridgehead atoms. The minimum Gasteiger partial charge on any atom is -0.380 e. The highest BCUT2D eigenvalue weighted by atomic mass is 19.4. The first-order valence-corrected chi connectivity index (χ1v) is 5.60. The van der Waals surface area contributed by atoms with Crippen molar-refractivity contribution in [3.05, 3.63) is 11.9 Å². The molecule has 0 radical (unpaired) electrons. The smallest absolute Gasteiger partial charge is 0.380 e. The summed E-state index contributed by atoms with van der Waals surface area (Å²) in [6.45, 7) is 3.18. The van der Waals surface area contributed by atoms with Crippen molar-refractivity contribution in [3.8, 4) is 0 Å². The molecular formula is C10H16F3N5O. The molecule has 0 aromatic carbocycles. The third-order valence-electron chi connectivity index (χ3n) is 2.28. The Morgan fingerprint density at radius 3 is 2.63 bits per heavy atom. The molecule has 0 amide bonds. The van der Waals surface area contributed by atoms with Gasteiger partial charge in [-0.25, -0.2) is 15.8 Å². The van der Waals surface area contributed by atoms with E-state index in [0.29, 0.717) is 19.8 Å². The molecule has 0 spiro atoms. The number of nitrogen functional groups attached to an aromatic ring is 1. The second kappa shape index (κ2) is 6.53. The number of nitrogens with one attached hydrogen (secondary N) is 1. The average Bonchev–Trinajstić information content (AvgIpc) is 2.37. The lowest BCUT2D eigenvalue weighted by Gasteiger charge is -2.19. The highest BCUT2D eigenvalue weighted by Crippen LogP contribution is 2.28. The standard InChI is InChI=1S/C10H16F3N5O/c1-3-19-5-4-18(2)8-6-7(17-14)15-9(16-8)10(11,12)13/h6H,3-5,14H2,1-2H3,(H,15,16,17). The Hall–Kier alpha value is -1.61. The summed E-state index contributed by atoms with van der Waals surface area (Å²) in [4.78, 5) is 8.28. The molecular weight excluding hydrogens is 263 g/mol. The number of hydrazine groups is 1. The van der Waals surface area contributed by atoms with E-state index >= 15 is 0 Å². The topological polar surface area (TPSA) is 76.3 Å². The molecule has 0 atom stereocenters. The van der Waals surface area contributed by atoms with Crippen LogP contribution in [0.1, 0.15) is 12.7 Å². The molecule has 3 N–H and O–H groups in total. The van der Waals surface area contributed by atoms with Crippen LogP contribution in [0.5, 0.6) is 0 Å². The van der Waals surface area contributed by atoms with Crippen LogP contribution in [0, 0.1) is 0 Å². The number of hydrogen-bond acceptors (Lipinski definition) is 6. The van der Waals surface area contributed by atoms with E-state index in [0.717, 1.165) is 0 Å². The molecule has 0 aliphatic heterocycles. The second-order valence-electron chi connectivity index (χ2n) is 3.70. The zero-order chi connectivity index (χ0) is 14.5. The number of nitrogens with zero attached hydrogens (tertiary/aromatic N) is 3. The molecule has 0 unspecified atom stereocenters. The van der Waals surface area contributed by atoms with Crippen molar-refractivity contribution in [2.45, 2.75) is 13.1 Å². The molecule has 1 rings (SSSR count). The predicted octanol–water partition coefficient (Wildman–Crippen LogP) is 1.25. The van der Waals surface area contributed by atoms with Gasteiger partial charge in [-0.3, -0.25) is 0 Å². The molecule has 0 aliphatic carbocycles. The Balaban J connectivity index is 2.93. The monoisotopic (exact) mass is 279 g/mol.